The molecular weight excluding hydrogens is 1250 g/mol. The van der Waals surface area contributed by atoms with Crippen molar-refractivity contribution >= 4 is 94.5 Å². The van der Waals surface area contributed by atoms with Gasteiger partial charge >= 0.3 is 0 Å². The Labute approximate surface area is 558 Å². The van der Waals surface area contributed by atoms with Gasteiger partial charge in [-0.1, -0.05) is 74.5 Å². The van der Waals surface area contributed by atoms with Gasteiger partial charge in [0.05, 0.1) is 12.6 Å². The Morgan fingerprint density at radius 1 is 0.537 bits per heavy atom. The molecule has 2 aromatic carbocycles. The van der Waals surface area contributed by atoms with E-state index < -0.39 is 169 Å². The summed E-state index contributed by atoms with van der Waals surface area (Å²) in [5, 5.41) is 21.1. The molecule has 32 heteroatoms. The van der Waals surface area contributed by atoms with Crippen molar-refractivity contribution in [3.05, 3.63) is 71.8 Å². The Balaban J connectivity index is 1.56. The zero-order valence-electron chi connectivity index (χ0n) is 54.5. The van der Waals surface area contributed by atoms with E-state index in [2.05, 4.69) is 47.5 Å². The molecule has 0 saturated carbocycles. The average molecular weight is 1350 g/mol. The van der Waals surface area contributed by atoms with Crippen LogP contribution in [-0.2, 0) is 75.2 Å². The summed E-state index contributed by atoms with van der Waals surface area (Å²) in [5.74, 6) is -9.80. The van der Waals surface area contributed by atoms with Crippen molar-refractivity contribution in [2.24, 2.45) is 51.0 Å². The largest absolute Gasteiger partial charge is 0.370 e. The van der Waals surface area contributed by atoms with Gasteiger partial charge < -0.3 is 92.5 Å². The summed E-state index contributed by atoms with van der Waals surface area (Å²) in [6, 6.07) is 4.51. The minimum absolute atomic E-state index is 0.0736. The smallest absolute Gasteiger partial charge is 0.245 e. The summed E-state index contributed by atoms with van der Waals surface area (Å²) < 4.78 is 0. The van der Waals surface area contributed by atoms with Crippen molar-refractivity contribution in [3.8, 4) is 0 Å². The molecule has 2 heterocycles. The van der Waals surface area contributed by atoms with E-state index >= 15 is 0 Å². The van der Waals surface area contributed by atoms with Gasteiger partial charge in [-0.2, -0.15) is 11.8 Å². The fourth-order valence-electron chi connectivity index (χ4n) is 11.0. The molecule has 0 unspecified atom stereocenters. The molecule has 2 aromatic rings. The van der Waals surface area contributed by atoms with Gasteiger partial charge in [0.1, 0.15) is 54.4 Å². The number of nitrogens with two attached hydrogens (primary N) is 7. The first-order valence-electron chi connectivity index (χ1n) is 32.2. The lowest BCUT2D eigenvalue weighted by Gasteiger charge is -2.32. The molecule has 22 N–H and O–H groups in total. The van der Waals surface area contributed by atoms with Crippen molar-refractivity contribution in [3.63, 3.8) is 0 Å². The molecule has 2 aliphatic rings. The second kappa shape index (κ2) is 41.0. The first-order chi connectivity index (χ1) is 45.2. The van der Waals surface area contributed by atoms with E-state index in [0.29, 0.717) is 55.4 Å². The molecule has 0 spiro atoms. The molecule has 10 atom stereocenters. The molecule has 31 nitrogen and oxygen atoms in total. The lowest BCUT2D eigenvalue weighted by Crippen LogP contribution is -2.60. The lowest BCUT2D eigenvalue weighted by molar-refractivity contribution is -0.144. The van der Waals surface area contributed by atoms with E-state index in [0.717, 1.165) is 0 Å². The molecule has 4 rings (SSSR count). The number of hydrogen-bond donors (Lipinski definition) is 15. The van der Waals surface area contributed by atoms with Gasteiger partial charge in [0.2, 0.25) is 76.8 Å². The van der Waals surface area contributed by atoms with E-state index in [9.17, 15) is 62.3 Å². The van der Waals surface area contributed by atoms with Gasteiger partial charge in [-0.3, -0.25) is 67.3 Å². The zero-order chi connectivity index (χ0) is 70.1. The molecule has 2 aliphatic heterocycles. The third kappa shape index (κ3) is 27.5. The van der Waals surface area contributed by atoms with Crippen LogP contribution in [0.1, 0.15) is 121 Å². The van der Waals surface area contributed by atoms with E-state index in [1.807, 2.05) is 20.1 Å². The molecular formula is C63H98N18O13S. The molecule has 0 aliphatic carbocycles. The second-order valence-electron chi connectivity index (χ2n) is 24.1. The second-order valence-corrected chi connectivity index (χ2v) is 25.1. The van der Waals surface area contributed by atoms with Crippen LogP contribution in [0.25, 0.3) is 0 Å². The molecule has 524 valence electrons. The number of nitrogens with one attached hydrogen (secondary N) is 8. The Kier molecular flexibility index (Phi) is 33.9. The Bertz CT molecular complexity index is 2960. The minimum Gasteiger partial charge on any atom is -0.370 e. The van der Waals surface area contributed by atoms with Crippen LogP contribution in [0.15, 0.2) is 65.7 Å². The van der Waals surface area contributed by atoms with Gasteiger partial charge in [0.25, 0.3) is 0 Å². The van der Waals surface area contributed by atoms with Gasteiger partial charge in [-0.15, -0.1) is 0 Å². The monoisotopic (exact) mass is 1350 g/mol. The maximum Gasteiger partial charge on any atom is 0.245 e. The predicted molar refractivity (Wildman–Crippen MR) is 356 cm³/mol. The number of thioether (sulfide) groups is 1. The SMILES string of the molecule is CSCC[C@H](NC(=O)[C@@H](CC(C)C)NC(=O)CNC(=O)[C@@H](Cc1ccccc1)NC(=O)[C@H](Cc1ccccc1)NC(=O)[C@H](CCC(N)=O)NC(=O)[C@H](CCC(N)=O)NC(=O)[C@@H]1CCCN1C(=O)[C@@H](CCCCN)NC(=O)[C@@H]1CCCN1C(=O)[C@@H](N)CCCN=C(N)N)C(N)=O. The van der Waals surface area contributed by atoms with Crippen LogP contribution >= 0.6 is 11.8 Å². The number of guanidine groups is 1. The number of likely N-dealkylation sites (tertiary alicyclic amines) is 2. The summed E-state index contributed by atoms with van der Waals surface area (Å²) in [7, 11) is 0. The van der Waals surface area contributed by atoms with Crippen molar-refractivity contribution < 1.29 is 62.3 Å². The average Bonchev–Trinajstić information content (AvgIpc) is 1.74. The zero-order valence-corrected chi connectivity index (χ0v) is 55.3. The van der Waals surface area contributed by atoms with Crippen LogP contribution in [0.3, 0.4) is 0 Å². The normalized spacial score (nSPS) is 16.8. The summed E-state index contributed by atoms with van der Waals surface area (Å²) >= 11 is 1.45. The number of hydrogen-bond acceptors (Lipinski definition) is 17. The summed E-state index contributed by atoms with van der Waals surface area (Å²) in [6.45, 7) is 3.86. The molecule has 0 aromatic heterocycles. The number of benzene rings is 2. The molecule has 0 radical (unpaired) electrons. The first kappa shape index (κ1) is 78.5. The summed E-state index contributed by atoms with van der Waals surface area (Å²) in [6.07, 6.45) is 3.12. The Hall–Kier alpha value is -8.91. The Morgan fingerprint density at radius 3 is 1.51 bits per heavy atom. The number of aliphatic imine (C=N–C) groups is 1. The maximum atomic E-state index is 14.7. The van der Waals surface area contributed by atoms with Gasteiger partial charge in [0.15, 0.2) is 5.96 Å². The number of carbonyl (C=O) groups is 13. The van der Waals surface area contributed by atoms with Crippen LogP contribution in [-0.4, -0.2) is 198 Å². The van der Waals surface area contributed by atoms with E-state index in [4.69, 9.17) is 40.1 Å². The fraction of sp³-hybridized carbons (Fsp3) is 0.587. The number of primary amides is 3. The van der Waals surface area contributed by atoms with E-state index in [1.54, 1.807) is 60.7 Å². The molecule has 0 bridgehead atoms. The number of nitrogens with zero attached hydrogens (tertiary/aromatic N) is 3. The number of amides is 13. The van der Waals surface area contributed by atoms with Crippen molar-refractivity contribution in [1.29, 1.82) is 0 Å². The highest BCUT2D eigenvalue weighted by molar-refractivity contribution is 7.98. The van der Waals surface area contributed by atoms with Crippen molar-refractivity contribution in [2.75, 3.05) is 44.7 Å². The van der Waals surface area contributed by atoms with Crippen LogP contribution in [0.4, 0.5) is 0 Å². The molecule has 95 heavy (non-hydrogen) atoms. The maximum absolute atomic E-state index is 14.7. The lowest BCUT2D eigenvalue weighted by atomic mass is 10.0. The van der Waals surface area contributed by atoms with Crippen LogP contribution in [0.5, 0.6) is 0 Å². The molecule has 2 fully saturated rings. The third-order valence-electron chi connectivity index (χ3n) is 16.0. The van der Waals surface area contributed by atoms with E-state index in [1.165, 1.54) is 21.6 Å². The highest BCUT2D eigenvalue weighted by atomic mass is 32.2. The van der Waals surface area contributed by atoms with E-state index in [-0.39, 0.29) is 83.0 Å². The van der Waals surface area contributed by atoms with Crippen LogP contribution in [0.2, 0.25) is 0 Å². The number of rotatable bonds is 42. The first-order valence-corrected chi connectivity index (χ1v) is 33.6. The standard InChI is InChI=1S/C63H98N18O13S/c1-37(2)33-45(57(89)74-41(53(68)85)27-32-95-3)73-52(84)36-72-54(86)46(34-38-15-6-4-7-16-38)78-58(90)47(35-39-17-8-5-9-18-39)79-56(88)42(23-25-50(66)82)75-55(87)43(24-26-51(67)83)76-59(91)49-22-14-31-81(49)62(94)44(20-10-11-28-64)77-60(92)48-21-13-30-80(48)61(93)40(65)19-12-29-71-63(69)70/h4-9,15-18,37,40-49H,10-14,19-36,64-65H2,1-3H3,(H2,66,82)(H2,67,83)(H2,68,85)(H,72,86)(H,73,84)(H,74,89)(H,75,87)(H,76,91)(H,77,92)(H,78,90)(H,79,88)(H4,69,70,71)/t40-,41-,42-,43-,44+,45+,46+,47-,48-,49-/m0/s1. The Morgan fingerprint density at radius 2 is 1.01 bits per heavy atom. The summed E-state index contributed by atoms with van der Waals surface area (Å²) in [4.78, 5) is 185. The highest BCUT2D eigenvalue weighted by Gasteiger charge is 2.42. The predicted octanol–water partition coefficient (Wildman–Crippen LogP) is -3.71. The highest BCUT2D eigenvalue weighted by Crippen LogP contribution is 2.24. The minimum atomic E-state index is -1.64. The topological polar surface area (TPSA) is 519 Å². The number of unbranched alkanes of at least 4 members (excludes halogenated alkanes) is 1. The van der Waals surface area contributed by atoms with Gasteiger partial charge in [-0.25, -0.2) is 0 Å². The van der Waals surface area contributed by atoms with Crippen LogP contribution in [0, 0.1) is 5.92 Å². The molecule has 13 amide bonds. The quantitative estimate of drug-likeness (QED) is 0.0173. The van der Waals surface area contributed by atoms with Gasteiger partial charge in [0, 0.05) is 45.3 Å². The fourth-order valence-corrected chi connectivity index (χ4v) is 11.5. The van der Waals surface area contributed by atoms with Gasteiger partial charge in [-0.05, 0) is 119 Å². The van der Waals surface area contributed by atoms with Crippen molar-refractivity contribution in [1.82, 2.24) is 52.3 Å². The molecule has 2 saturated heterocycles. The van der Waals surface area contributed by atoms with Crippen molar-refractivity contribution in [2.45, 2.75) is 183 Å². The third-order valence-corrected chi connectivity index (χ3v) is 16.7. The number of carbonyl (C=O) groups excluding carboxylic acids is 13. The van der Waals surface area contributed by atoms with Crippen LogP contribution < -0.4 is 82.7 Å². The summed E-state index contributed by atoms with van der Waals surface area (Å²) in [5.41, 5.74) is 40.6.